The molecule has 122 valence electrons. The Hall–Kier alpha value is -1.95. The summed E-state index contributed by atoms with van der Waals surface area (Å²) in [7, 11) is 0. The number of hydrogen-bond acceptors (Lipinski definition) is 4. The molecule has 0 aliphatic heterocycles. The number of nitrogens with zero attached hydrogens (tertiary/aromatic N) is 2. The smallest absolute Gasteiger partial charge is 0.305 e. The third-order valence-electron chi connectivity index (χ3n) is 4.24. The Balaban J connectivity index is 1.97. The van der Waals surface area contributed by atoms with E-state index in [-0.39, 0.29) is 24.9 Å². The van der Waals surface area contributed by atoms with Crippen molar-refractivity contribution in [3.63, 3.8) is 0 Å². The van der Waals surface area contributed by atoms with Gasteiger partial charge in [0.15, 0.2) is 0 Å². The van der Waals surface area contributed by atoms with Crippen molar-refractivity contribution in [3.8, 4) is 0 Å². The number of thiophene rings is 1. The van der Waals surface area contributed by atoms with Gasteiger partial charge in [-0.3, -0.25) is 9.59 Å². The number of pyridine rings is 1. The van der Waals surface area contributed by atoms with Crippen molar-refractivity contribution in [1.82, 2.24) is 9.88 Å². The first-order valence-corrected chi connectivity index (χ1v) is 8.60. The van der Waals surface area contributed by atoms with Gasteiger partial charge in [0, 0.05) is 23.7 Å². The highest BCUT2D eigenvalue weighted by Gasteiger charge is 2.34. The first-order valence-electron chi connectivity index (χ1n) is 7.78. The number of aromatic nitrogens is 1. The molecule has 2 aromatic heterocycles. The van der Waals surface area contributed by atoms with E-state index in [1.807, 2.05) is 26.8 Å². The third kappa shape index (κ3) is 3.08. The molecule has 1 amide bonds. The van der Waals surface area contributed by atoms with Crippen LogP contribution in [0.3, 0.4) is 0 Å². The monoisotopic (exact) mass is 332 g/mol. The lowest BCUT2D eigenvalue weighted by Crippen LogP contribution is -2.34. The Kier molecular flexibility index (Phi) is 4.10. The van der Waals surface area contributed by atoms with Crippen molar-refractivity contribution >= 4 is 33.4 Å². The fraction of sp³-hybridized carbons (Fsp3) is 0.471. The number of fused-ring (bicyclic) bond motifs is 1. The Morgan fingerprint density at radius 2 is 2.04 bits per heavy atom. The summed E-state index contributed by atoms with van der Waals surface area (Å²) < 4.78 is 0. The van der Waals surface area contributed by atoms with Crippen LogP contribution in [0.4, 0.5) is 0 Å². The molecule has 0 unspecified atom stereocenters. The van der Waals surface area contributed by atoms with Gasteiger partial charge in [0.1, 0.15) is 4.83 Å². The number of carbonyl (C=O) groups is 2. The Labute approximate surface area is 138 Å². The van der Waals surface area contributed by atoms with Crippen LogP contribution in [0.25, 0.3) is 10.2 Å². The van der Waals surface area contributed by atoms with Gasteiger partial charge in [-0.25, -0.2) is 4.98 Å². The van der Waals surface area contributed by atoms with Crippen LogP contribution in [0.2, 0.25) is 0 Å². The minimum atomic E-state index is -0.871. The highest BCUT2D eigenvalue weighted by atomic mass is 32.1. The lowest BCUT2D eigenvalue weighted by atomic mass is 10.1. The summed E-state index contributed by atoms with van der Waals surface area (Å²) in [6.07, 6.45) is 1.92. The molecule has 1 aliphatic rings. The quantitative estimate of drug-likeness (QED) is 0.912. The lowest BCUT2D eigenvalue weighted by molar-refractivity contribution is -0.137. The third-order valence-corrected chi connectivity index (χ3v) is 5.41. The van der Waals surface area contributed by atoms with Crippen LogP contribution in [0.5, 0.6) is 0 Å². The van der Waals surface area contributed by atoms with E-state index in [1.54, 1.807) is 4.90 Å². The molecule has 1 N–H and O–H groups in total. The van der Waals surface area contributed by atoms with E-state index < -0.39 is 5.97 Å². The van der Waals surface area contributed by atoms with E-state index in [1.165, 1.54) is 11.3 Å². The maximum Gasteiger partial charge on any atom is 0.305 e. The second kappa shape index (κ2) is 5.92. The van der Waals surface area contributed by atoms with Gasteiger partial charge in [-0.05, 0) is 50.8 Å². The average Bonchev–Trinajstić information content (AvgIpc) is 3.22. The van der Waals surface area contributed by atoms with Crippen LogP contribution < -0.4 is 0 Å². The van der Waals surface area contributed by atoms with Gasteiger partial charge in [-0.15, -0.1) is 11.3 Å². The molecule has 5 nitrogen and oxygen atoms in total. The number of carboxylic acid groups (broad SMARTS) is 1. The molecule has 3 rings (SSSR count). The summed E-state index contributed by atoms with van der Waals surface area (Å²) in [6.45, 7) is 6.22. The standard InChI is InChI=1S/C17H20N2O3S/c1-9-8-10(2)18-16-14(9)11(3)15(23-16)17(22)19(12-4-5-12)7-6-13(20)21/h8,12H,4-7H2,1-3H3,(H,20,21). The van der Waals surface area contributed by atoms with Crippen LogP contribution in [0.1, 0.15) is 45.8 Å². The van der Waals surface area contributed by atoms with Gasteiger partial charge >= 0.3 is 5.97 Å². The zero-order valence-corrected chi connectivity index (χ0v) is 14.4. The van der Waals surface area contributed by atoms with Gasteiger partial charge in [-0.1, -0.05) is 0 Å². The molecule has 23 heavy (non-hydrogen) atoms. The van der Waals surface area contributed by atoms with Crippen molar-refractivity contribution in [1.29, 1.82) is 0 Å². The summed E-state index contributed by atoms with van der Waals surface area (Å²) in [6, 6.07) is 2.22. The molecule has 0 saturated heterocycles. The van der Waals surface area contributed by atoms with E-state index in [0.717, 1.165) is 39.9 Å². The Morgan fingerprint density at radius 3 is 2.65 bits per heavy atom. The predicted octanol–water partition coefficient (Wildman–Crippen LogP) is 3.30. The Bertz CT molecular complexity index is 793. The molecule has 0 aromatic carbocycles. The zero-order chi connectivity index (χ0) is 16.7. The minimum absolute atomic E-state index is 0.0113. The van der Waals surface area contributed by atoms with Gasteiger partial charge < -0.3 is 10.0 Å². The number of rotatable bonds is 5. The lowest BCUT2D eigenvalue weighted by Gasteiger charge is -2.21. The van der Waals surface area contributed by atoms with E-state index in [2.05, 4.69) is 4.98 Å². The molecular weight excluding hydrogens is 312 g/mol. The fourth-order valence-electron chi connectivity index (χ4n) is 3.01. The summed E-state index contributed by atoms with van der Waals surface area (Å²) in [5.41, 5.74) is 3.03. The normalized spacial score (nSPS) is 14.2. The molecule has 1 saturated carbocycles. The molecule has 0 bridgehead atoms. The van der Waals surface area contributed by atoms with Crippen molar-refractivity contribution in [2.45, 2.75) is 46.1 Å². The second-order valence-corrected chi connectivity index (χ2v) is 7.19. The maximum atomic E-state index is 12.9. The van der Waals surface area contributed by atoms with Gasteiger partial charge in [0.05, 0.1) is 11.3 Å². The number of aliphatic carboxylic acids is 1. The van der Waals surface area contributed by atoms with Crippen molar-refractivity contribution in [2.24, 2.45) is 0 Å². The molecule has 2 heterocycles. The van der Waals surface area contributed by atoms with Crippen molar-refractivity contribution < 1.29 is 14.7 Å². The molecule has 6 heteroatoms. The highest BCUT2D eigenvalue weighted by Crippen LogP contribution is 2.35. The average molecular weight is 332 g/mol. The molecule has 1 aliphatic carbocycles. The molecule has 2 aromatic rings. The number of carbonyl (C=O) groups excluding carboxylic acids is 1. The molecular formula is C17H20N2O3S. The summed E-state index contributed by atoms with van der Waals surface area (Å²) >= 11 is 1.42. The van der Waals surface area contributed by atoms with Gasteiger partial charge in [0.2, 0.25) is 0 Å². The molecule has 0 spiro atoms. The molecule has 0 atom stereocenters. The Morgan fingerprint density at radius 1 is 1.35 bits per heavy atom. The van der Waals surface area contributed by atoms with E-state index in [9.17, 15) is 9.59 Å². The van der Waals surface area contributed by atoms with Crippen LogP contribution in [-0.2, 0) is 4.79 Å². The minimum Gasteiger partial charge on any atom is -0.481 e. The second-order valence-electron chi connectivity index (χ2n) is 6.19. The molecule has 0 radical (unpaired) electrons. The number of hydrogen-bond donors (Lipinski definition) is 1. The van der Waals surface area contributed by atoms with E-state index in [0.29, 0.717) is 4.88 Å². The molecule has 1 fully saturated rings. The SMILES string of the molecule is Cc1cc(C)c2c(C)c(C(=O)N(CCC(=O)O)C3CC3)sc2n1. The van der Waals surface area contributed by atoms with Crippen molar-refractivity contribution in [3.05, 3.63) is 27.8 Å². The topological polar surface area (TPSA) is 70.5 Å². The number of amides is 1. The first kappa shape index (κ1) is 15.9. The van der Waals surface area contributed by atoms with Crippen LogP contribution in [-0.4, -0.2) is 39.5 Å². The fourth-order valence-corrected chi connectivity index (χ4v) is 4.26. The van der Waals surface area contributed by atoms with Crippen LogP contribution in [0, 0.1) is 20.8 Å². The maximum absolute atomic E-state index is 12.9. The van der Waals surface area contributed by atoms with Gasteiger partial charge in [0.25, 0.3) is 5.91 Å². The largest absolute Gasteiger partial charge is 0.481 e. The first-order chi connectivity index (χ1) is 10.9. The zero-order valence-electron chi connectivity index (χ0n) is 13.5. The van der Waals surface area contributed by atoms with Crippen LogP contribution >= 0.6 is 11.3 Å². The predicted molar refractivity (Wildman–Crippen MR) is 90.1 cm³/mol. The van der Waals surface area contributed by atoms with E-state index >= 15 is 0 Å². The van der Waals surface area contributed by atoms with Crippen LogP contribution in [0.15, 0.2) is 6.07 Å². The number of aryl methyl sites for hydroxylation is 3. The summed E-state index contributed by atoms with van der Waals surface area (Å²) in [5.74, 6) is -0.920. The summed E-state index contributed by atoms with van der Waals surface area (Å²) in [4.78, 5) is 31.6. The van der Waals surface area contributed by atoms with Gasteiger partial charge in [-0.2, -0.15) is 0 Å². The van der Waals surface area contributed by atoms with E-state index in [4.69, 9.17) is 5.11 Å². The number of carboxylic acids is 1. The van der Waals surface area contributed by atoms with Crippen molar-refractivity contribution in [2.75, 3.05) is 6.54 Å². The highest BCUT2D eigenvalue weighted by molar-refractivity contribution is 7.20. The summed E-state index contributed by atoms with van der Waals surface area (Å²) in [5, 5.41) is 9.96.